The van der Waals surface area contributed by atoms with Crippen LogP contribution < -0.4 is 0 Å². The number of amides is 2. The molecule has 124 valence electrons. The van der Waals surface area contributed by atoms with E-state index in [0.717, 1.165) is 25.9 Å². The lowest BCUT2D eigenvalue weighted by Gasteiger charge is -2.31. The second kappa shape index (κ2) is 5.63. The molecule has 4 rings (SSSR count). The number of hydrogen-bond donors (Lipinski definition) is 0. The van der Waals surface area contributed by atoms with Crippen LogP contribution in [0.3, 0.4) is 0 Å². The van der Waals surface area contributed by atoms with Gasteiger partial charge in [0.25, 0.3) is 5.91 Å². The summed E-state index contributed by atoms with van der Waals surface area (Å²) in [7, 11) is 1.78. The van der Waals surface area contributed by atoms with Crippen LogP contribution in [0.1, 0.15) is 29.8 Å². The standard InChI is InChI=1S/C16H22N4O3/c1-18-13(3-4-17-18)16(22)20-9-11-7-12(23-14(11)10-20)8-15(21)19-5-2-6-19/h3-4,11-12,14H,2,5-10H2,1H3/t11-,12-,14+/m0/s1. The van der Waals surface area contributed by atoms with Gasteiger partial charge in [0.15, 0.2) is 0 Å². The zero-order valence-corrected chi connectivity index (χ0v) is 13.4. The van der Waals surface area contributed by atoms with Gasteiger partial charge in [-0.1, -0.05) is 0 Å². The highest BCUT2D eigenvalue weighted by atomic mass is 16.5. The molecule has 3 aliphatic heterocycles. The molecule has 7 heteroatoms. The van der Waals surface area contributed by atoms with E-state index in [1.807, 2.05) is 9.80 Å². The predicted octanol–water partition coefficient (Wildman–Crippen LogP) is 0.272. The summed E-state index contributed by atoms with van der Waals surface area (Å²) in [5, 5.41) is 4.05. The number of fused-ring (bicyclic) bond motifs is 1. The Morgan fingerprint density at radius 3 is 2.74 bits per heavy atom. The smallest absolute Gasteiger partial charge is 0.272 e. The zero-order valence-electron chi connectivity index (χ0n) is 13.4. The fourth-order valence-electron chi connectivity index (χ4n) is 3.79. The van der Waals surface area contributed by atoms with Crippen molar-refractivity contribution in [2.45, 2.75) is 31.5 Å². The zero-order chi connectivity index (χ0) is 16.0. The third-order valence-corrected chi connectivity index (χ3v) is 5.25. The van der Waals surface area contributed by atoms with Gasteiger partial charge in [0.1, 0.15) is 5.69 Å². The molecule has 0 N–H and O–H groups in total. The lowest BCUT2D eigenvalue weighted by atomic mass is 10.0. The van der Waals surface area contributed by atoms with E-state index in [9.17, 15) is 9.59 Å². The largest absolute Gasteiger partial charge is 0.372 e. The van der Waals surface area contributed by atoms with Crippen LogP contribution in [0.4, 0.5) is 0 Å². The summed E-state index contributed by atoms with van der Waals surface area (Å²) in [5.41, 5.74) is 0.606. The van der Waals surface area contributed by atoms with Crippen molar-refractivity contribution in [3.8, 4) is 0 Å². The highest BCUT2D eigenvalue weighted by Gasteiger charge is 2.44. The van der Waals surface area contributed by atoms with E-state index in [-0.39, 0.29) is 24.0 Å². The minimum atomic E-state index is 0.0104. The summed E-state index contributed by atoms with van der Waals surface area (Å²) in [4.78, 5) is 28.3. The fourth-order valence-corrected chi connectivity index (χ4v) is 3.79. The first-order chi connectivity index (χ1) is 11.1. The summed E-state index contributed by atoms with van der Waals surface area (Å²) in [6.07, 6.45) is 4.21. The van der Waals surface area contributed by atoms with Crippen molar-refractivity contribution < 1.29 is 14.3 Å². The number of aryl methyl sites for hydroxylation is 1. The van der Waals surface area contributed by atoms with E-state index >= 15 is 0 Å². The summed E-state index contributed by atoms with van der Waals surface area (Å²) < 4.78 is 7.64. The molecule has 0 saturated carbocycles. The van der Waals surface area contributed by atoms with Crippen LogP contribution in [0.25, 0.3) is 0 Å². The van der Waals surface area contributed by atoms with Gasteiger partial charge in [-0.25, -0.2) is 0 Å². The quantitative estimate of drug-likeness (QED) is 0.802. The van der Waals surface area contributed by atoms with Crippen LogP contribution in [0.5, 0.6) is 0 Å². The fraction of sp³-hybridized carbons (Fsp3) is 0.688. The van der Waals surface area contributed by atoms with Crippen molar-refractivity contribution in [3.05, 3.63) is 18.0 Å². The van der Waals surface area contributed by atoms with Crippen molar-refractivity contribution in [1.82, 2.24) is 19.6 Å². The van der Waals surface area contributed by atoms with Crippen molar-refractivity contribution in [1.29, 1.82) is 0 Å². The molecule has 3 atom stereocenters. The molecule has 23 heavy (non-hydrogen) atoms. The number of hydrogen-bond acceptors (Lipinski definition) is 4. The van der Waals surface area contributed by atoms with Crippen LogP contribution in [-0.4, -0.2) is 69.8 Å². The maximum absolute atomic E-state index is 12.5. The van der Waals surface area contributed by atoms with Gasteiger partial charge in [0, 0.05) is 45.3 Å². The number of ether oxygens (including phenoxy) is 1. The van der Waals surface area contributed by atoms with E-state index in [0.29, 0.717) is 31.1 Å². The lowest BCUT2D eigenvalue weighted by Crippen LogP contribution is -2.43. The maximum Gasteiger partial charge on any atom is 0.272 e. The minimum absolute atomic E-state index is 0.0104. The summed E-state index contributed by atoms with van der Waals surface area (Å²) >= 11 is 0. The summed E-state index contributed by atoms with van der Waals surface area (Å²) in [5.74, 6) is 0.571. The summed E-state index contributed by atoms with van der Waals surface area (Å²) in [6, 6.07) is 1.74. The van der Waals surface area contributed by atoms with Gasteiger partial charge in [-0.05, 0) is 18.9 Å². The Balaban J connectivity index is 1.32. The van der Waals surface area contributed by atoms with E-state index in [2.05, 4.69) is 5.10 Å². The van der Waals surface area contributed by atoms with Crippen molar-refractivity contribution >= 4 is 11.8 Å². The molecule has 3 aliphatic rings. The van der Waals surface area contributed by atoms with Gasteiger partial charge in [-0.15, -0.1) is 0 Å². The monoisotopic (exact) mass is 318 g/mol. The Hall–Kier alpha value is -1.89. The van der Waals surface area contributed by atoms with Crippen LogP contribution >= 0.6 is 0 Å². The summed E-state index contributed by atoms with van der Waals surface area (Å²) in [6.45, 7) is 3.11. The Bertz CT molecular complexity index is 611. The van der Waals surface area contributed by atoms with Crippen LogP contribution in [0.15, 0.2) is 12.3 Å². The molecule has 4 heterocycles. The SMILES string of the molecule is Cn1nccc1C(=O)N1C[C@@H]2C[C@@H](CC(=O)N3CCC3)O[C@@H]2C1. The molecule has 3 fully saturated rings. The Morgan fingerprint density at radius 2 is 2.13 bits per heavy atom. The number of likely N-dealkylation sites (tertiary alicyclic amines) is 2. The Morgan fingerprint density at radius 1 is 1.30 bits per heavy atom. The first kappa shape index (κ1) is 14.7. The number of carbonyl (C=O) groups excluding carboxylic acids is 2. The molecule has 0 aliphatic carbocycles. The number of rotatable bonds is 3. The van der Waals surface area contributed by atoms with Gasteiger partial charge in [0.2, 0.25) is 5.91 Å². The van der Waals surface area contributed by atoms with Crippen LogP contribution in [-0.2, 0) is 16.6 Å². The molecule has 2 amide bonds. The maximum atomic E-state index is 12.5. The highest BCUT2D eigenvalue weighted by molar-refractivity contribution is 5.92. The molecule has 0 aromatic carbocycles. The van der Waals surface area contributed by atoms with Crippen molar-refractivity contribution in [2.75, 3.05) is 26.2 Å². The van der Waals surface area contributed by atoms with E-state index in [4.69, 9.17) is 4.74 Å². The topological polar surface area (TPSA) is 67.7 Å². The molecule has 3 saturated heterocycles. The van der Waals surface area contributed by atoms with E-state index in [1.54, 1.807) is 24.0 Å². The molecular weight excluding hydrogens is 296 g/mol. The second-order valence-corrected chi connectivity index (χ2v) is 6.78. The van der Waals surface area contributed by atoms with Gasteiger partial charge in [0.05, 0.1) is 18.6 Å². The molecule has 0 radical (unpaired) electrons. The van der Waals surface area contributed by atoms with Crippen LogP contribution in [0.2, 0.25) is 0 Å². The Kier molecular flexibility index (Phi) is 3.60. The van der Waals surface area contributed by atoms with Crippen LogP contribution in [0, 0.1) is 5.92 Å². The highest BCUT2D eigenvalue weighted by Crippen LogP contribution is 2.35. The Labute approximate surface area is 135 Å². The lowest BCUT2D eigenvalue weighted by molar-refractivity contribution is -0.137. The van der Waals surface area contributed by atoms with E-state index < -0.39 is 0 Å². The van der Waals surface area contributed by atoms with Gasteiger partial charge < -0.3 is 14.5 Å². The molecule has 0 unspecified atom stereocenters. The number of carbonyl (C=O) groups is 2. The normalized spacial score (nSPS) is 29.5. The predicted molar refractivity (Wildman–Crippen MR) is 81.7 cm³/mol. The van der Waals surface area contributed by atoms with Gasteiger partial charge >= 0.3 is 0 Å². The average molecular weight is 318 g/mol. The third kappa shape index (κ3) is 2.63. The second-order valence-electron chi connectivity index (χ2n) is 6.78. The third-order valence-electron chi connectivity index (χ3n) is 5.25. The first-order valence-electron chi connectivity index (χ1n) is 8.32. The molecule has 0 bridgehead atoms. The average Bonchev–Trinajstić information content (AvgIpc) is 3.10. The number of nitrogens with zero attached hydrogens (tertiary/aromatic N) is 4. The van der Waals surface area contributed by atoms with Gasteiger partial charge in [-0.3, -0.25) is 14.3 Å². The molecule has 1 aromatic rings. The van der Waals surface area contributed by atoms with E-state index in [1.165, 1.54) is 0 Å². The molecule has 0 spiro atoms. The van der Waals surface area contributed by atoms with Crippen molar-refractivity contribution in [2.24, 2.45) is 13.0 Å². The first-order valence-corrected chi connectivity index (χ1v) is 8.32. The van der Waals surface area contributed by atoms with Crippen molar-refractivity contribution in [3.63, 3.8) is 0 Å². The minimum Gasteiger partial charge on any atom is -0.372 e. The molecule has 7 nitrogen and oxygen atoms in total. The number of aromatic nitrogens is 2. The molecule has 1 aromatic heterocycles. The van der Waals surface area contributed by atoms with Gasteiger partial charge in [-0.2, -0.15) is 5.10 Å². The molecular formula is C16H22N4O3.